The van der Waals surface area contributed by atoms with Crippen LogP contribution in [0.2, 0.25) is 5.02 Å². The van der Waals surface area contributed by atoms with Gasteiger partial charge in [0.25, 0.3) is 0 Å². The van der Waals surface area contributed by atoms with Crippen molar-refractivity contribution in [3.8, 4) is 17.2 Å². The van der Waals surface area contributed by atoms with Crippen molar-refractivity contribution in [2.75, 3.05) is 25.3 Å². The molecule has 1 aliphatic rings. The number of nitrogens with one attached hydrogen (secondary N) is 1. The first-order valence-electron chi connectivity index (χ1n) is 9.01. The molecule has 1 unspecified atom stereocenters. The molecule has 6 nitrogen and oxygen atoms in total. The Kier molecular flexibility index (Phi) is 5.43. The van der Waals surface area contributed by atoms with Crippen LogP contribution in [0.15, 0.2) is 42.5 Å². The number of benzene rings is 2. The molecular weight excluding hydrogens is 410 g/mol. The van der Waals surface area contributed by atoms with Crippen LogP contribution in [-0.2, 0) is 4.79 Å². The number of para-hydroxylation sites is 1. The molecule has 0 saturated heterocycles. The molecule has 4 rings (SSSR count). The number of fused-ring (bicyclic) bond motifs is 1. The first kappa shape index (κ1) is 19.7. The second kappa shape index (κ2) is 8.00. The number of anilines is 1. The number of aromatic nitrogens is 2. The number of rotatable bonds is 4. The number of ether oxygens (including phenoxy) is 2. The number of amides is 1. The zero-order valence-corrected chi connectivity index (χ0v) is 17.8. The van der Waals surface area contributed by atoms with Gasteiger partial charge in [-0.25, -0.2) is 4.68 Å². The van der Waals surface area contributed by atoms with Crippen molar-refractivity contribution in [1.29, 1.82) is 0 Å². The number of thioether (sulfide) groups is 1. The summed E-state index contributed by atoms with van der Waals surface area (Å²) < 4.78 is 12.7. The highest BCUT2D eigenvalue weighted by molar-refractivity contribution is 8.00. The third-order valence-corrected chi connectivity index (χ3v) is 6.38. The topological polar surface area (TPSA) is 65.4 Å². The van der Waals surface area contributed by atoms with Crippen LogP contribution in [0.3, 0.4) is 0 Å². The zero-order chi connectivity index (χ0) is 20.5. The van der Waals surface area contributed by atoms with Gasteiger partial charge in [-0.15, -0.1) is 11.8 Å². The van der Waals surface area contributed by atoms with Crippen molar-refractivity contribution < 1.29 is 14.3 Å². The van der Waals surface area contributed by atoms with Gasteiger partial charge in [0.15, 0.2) is 0 Å². The maximum Gasteiger partial charge on any atom is 0.235 e. The molecule has 0 spiro atoms. The van der Waals surface area contributed by atoms with Gasteiger partial charge in [0.05, 0.1) is 41.6 Å². The van der Waals surface area contributed by atoms with E-state index < -0.39 is 0 Å². The van der Waals surface area contributed by atoms with E-state index in [4.69, 9.17) is 26.2 Å². The number of carbonyl (C=O) groups excluding carboxylic acids is 1. The second-order valence-electron chi connectivity index (χ2n) is 6.56. The minimum absolute atomic E-state index is 0.0839. The van der Waals surface area contributed by atoms with Gasteiger partial charge in [-0.3, -0.25) is 4.79 Å². The van der Waals surface area contributed by atoms with Gasteiger partial charge >= 0.3 is 0 Å². The monoisotopic (exact) mass is 429 g/mol. The average Bonchev–Trinajstić information content (AvgIpc) is 2.93. The quantitative estimate of drug-likeness (QED) is 0.655. The van der Waals surface area contributed by atoms with Gasteiger partial charge in [0.1, 0.15) is 17.3 Å². The van der Waals surface area contributed by atoms with E-state index in [9.17, 15) is 4.79 Å². The van der Waals surface area contributed by atoms with Gasteiger partial charge in [-0.1, -0.05) is 29.8 Å². The van der Waals surface area contributed by atoms with E-state index in [1.54, 1.807) is 25.0 Å². The maximum atomic E-state index is 12.5. The van der Waals surface area contributed by atoms with Gasteiger partial charge in [0.2, 0.25) is 5.91 Å². The van der Waals surface area contributed by atoms with Crippen LogP contribution in [0.1, 0.15) is 22.1 Å². The number of hydrogen-bond donors (Lipinski definition) is 1. The van der Waals surface area contributed by atoms with Crippen molar-refractivity contribution in [2.45, 2.75) is 12.2 Å². The molecule has 29 heavy (non-hydrogen) atoms. The molecule has 0 fully saturated rings. The molecule has 3 aromatic rings. The highest BCUT2D eigenvalue weighted by atomic mass is 35.5. The summed E-state index contributed by atoms with van der Waals surface area (Å²) in [5.74, 6) is 2.28. The third kappa shape index (κ3) is 3.56. The van der Waals surface area contributed by atoms with E-state index in [0.29, 0.717) is 33.8 Å². The number of aryl methyl sites for hydroxylation is 1. The summed E-state index contributed by atoms with van der Waals surface area (Å²) in [5, 5.41) is 8.14. The highest BCUT2D eigenvalue weighted by Gasteiger charge is 2.32. The van der Waals surface area contributed by atoms with Crippen LogP contribution in [0.5, 0.6) is 11.5 Å². The van der Waals surface area contributed by atoms with Gasteiger partial charge in [-0.05, 0) is 25.1 Å². The minimum atomic E-state index is -0.138. The molecule has 2 aromatic carbocycles. The first-order valence-corrected chi connectivity index (χ1v) is 10.4. The van der Waals surface area contributed by atoms with Gasteiger partial charge < -0.3 is 14.8 Å². The maximum absolute atomic E-state index is 12.5. The summed E-state index contributed by atoms with van der Waals surface area (Å²) in [6.45, 7) is 1.94. The summed E-state index contributed by atoms with van der Waals surface area (Å²) in [6.07, 6.45) is 0. The second-order valence-corrected chi connectivity index (χ2v) is 8.06. The Labute approximate surface area is 178 Å². The molecule has 0 bridgehead atoms. The lowest BCUT2D eigenvalue weighted by atomic mass is 10.0. The van der Waals surface area contributed by atoms with Crippen LogP contribution < -0.4 is 14.8 Å². The fourth-order valence-corrected chi connectivity index (χ4v) is 4.89. The Bertz CT molecular complexity index is 1080. The molecule has 1 atom stereocenters. The lowest BCUT2D eigenvalue weighted by molar-refractivity contribution is -0.113. The zero-order valence-electron chi connectivity index (χ0n) is 16.2. The Hall–Kier alpha value is -2.64. The van der Waals surface area contributed by atoms with Crippen molar-refractivity contribution in [1.82, 2.24) is 9.78 Å². The van der Waals surface area contributed by atoms with Crippen molar-refractivity contribution in [3.05, 3.63) is 64.3 Å². The minimum Gasteiger partial charge on any atom is -0.497 e. The molecule has 0 saturated carbocycles. The smallest absolute Gasteiger partial charge is 0.235 e. The van der Waals surface area contributed by atoms with Crippen LogP contribution in [-0.4, -0.2) is 35.7 Å². The highest BCUT2D eigenvalue weighted by Crippen LogP contribution is 2.47. The standard InChI is InChI=1S/C21H20ClN3O3S/c1-12-19-20(14-9-8-13(27-2)10-17(14)28-3)29-11-18(26)23-21(19)25(24-12)16-7-5-4-6-15(16)22/h4-10,20H,11H2,1-3H3,(H,23,26). The number of methoxy groups -OCH3 is 2. The SMILES string of the molecule is COc1ccc(C2SCC(=O)Nc3c2c(C)nn3-c2ccccc2Cl)c(OC)c1. The summed E-state index contributed by atoms with van der Waals surface area (Å²) in [5.41, 5.74) is 3.42. The summed E-state index contributed by atoms with van der Waals surface area (Å²) in [4.78, 5) is 12.5. The van der Waals surface area contributed by atoms with E-state index >= 15 is 0 Å². The molecule has 1 N–H and O–H groups in total. The average molecular weight is 430 g/mol. The molecular formula is C21H20ClN3O3S. The lowest BCUT2D eigenvalue weighted by Gasteiger charge is -2.19. The van der Waals surface area contributed by atoms with Crippen molar-refractivity contribution >= 4 is 35.1 Å². The van der Waals surface area contributed by atoms with Crippen LogP contribution in [0.25, 0.3) is 5.69 Å². The Morgan fingerprint density at radius 1 is 1.21 bits per heavy atom. The summed E-state index contributed by atoms with van der Waals surface area (Å²) in [6, 6.07) is 13.2. The molecule has 0 aliphatic carbocycles. The molecule has 8 heteroatoms. The third-order valence-electron chi connectivity index (χ3n) is 4.81. The number of halogens is 1. The lowest BCUT2D eigenvalue weighted by Crippen LogP contribution is -2.16. The summed E-state index contributed by atoms with van der Waals surface area (Å²) in [7, 11) is 3.25. The van der Waals surface area contributed by atoms with E-state index in [1.807, 2.05) is 43.3 Å². The van der Waals surface area contributed by atoms with Crippen LogP contribution in [0.4, 0.5) is 5.82 Å². The Morgan fingerprint density at radius 2 is 2.00 bits per heavy atom. The van der Waals surface area contributed by atoms with Crippen molar-refractivity contribution in [2.24, 2.45) is 0 Å². The summed E-state index contributed by atoms with van der Waals surface area (Å²) >= 11 is 7.95. The van der Waals surface area contributed by atoms with Gasteiger partial charge in [-0.2, -0.15) is 5.10 Å². The first-order chi connectivity index (χ1) is 14.0. The molecule has 1 aliphatic heterocycles. The van der Waals surface area contributed by atoms with E-state index in [1.165, 1.54) is 11.8 Å². The van der Waals surface area contributed by atoms with E-state index in [-0.39, 0.29) is 11.2 Å². The normalized spacial score (nSPS) is 16.0. The van der Waals surface area contributed by atoms with Gasteiger partial charge in [0, 0.05) is 17.2 Å². The predicted molar refractivity (Wildman–Crippen MR) is 116 cm³/mol. The fraction of sp³-hybridized carbons (Fsp3) is 0.238. The number of hydrogen-bond acceptors (Lipinski definition) is 5. The van der Waals surface area contributed by atoms with Crippen LogP contribution in [0, 0.1) is 6.92 Å². The Morgan fingerprint density at radius 3 is 2.72 bits per heavy atom. The Balaban J connectivity index is 1.91. The molecule has 2 heterocycles. The number of carbonyl (C=O) groups is 1. The largest absolute Gasteiger partial charge is 0.497 e. The molecule has 1 aromatic heterocycles. The van der Waals surface area contributed by atoms with E-state index in [2.05, 4.69) is 5.32 Å². The van der Waals surface area contributed by atoms with Crippen LogP contribution >= 0.6 is 23.4 Å². The predicted octanol–water partition coefficient (Wildman–Crippen LogP) is 4.63. The number of nitrogens with zero attached hydrogens (tertiary/aromatic N) is 2. The van der Waals surface area contributed by atoms with E-state index in [0.717, 1.165) is 16.8 Å². The van der Waals surface area contributed by atoms with Crippen molar-refractivity contribution in [3.63, 3.8) is 0 Å². The molecule has 0 radical (unpaired) electrons. The fourth-order valence-electron chi connectivity index (χ4n) is 3.46. The molecule has 1 amide bonds. The molecule has 150 valence electrons.